The van der Waals surface area contributed by atoms with E-state index in [0.717, 1.165) is 0 Å². The Labute approximate surface area is 154 Å². The molecule has 1 fully saturated rings. The van der Waals surface area contributed by atoms with Crippen LogP contribution in [0.5, 0.6) is 0 Å². The molecule has 3 atom stereocenters. The molecule has 1 aromatic heterocycles. The molecule has 0 radical (unpaired) electrons. The van der Waals surface area contributed by atoms with Gasteiger partial charge in [0.25, 0.3) is 0 Å². The van der Waals surface area contributed by atoms with Gasteiger partial charge in [0.1, 0.15) is 12.9 Å². The summed E-state index contributed by atoms with van der Waals surface area (Å²) >= 11 is 1.42. The van der Waals surface area contributed by atoms with E-state index in [-0.39, 0.29) is 29.3 Å². The number of nitrogens with one attached hydrogen (secondary N) is 1. The highest BCUT2D eigenvalue weighted by atomic mass is 32.2. The number of nitrogens with two attached hydrogens (primary N) is 1. The fourth-order valence-electron chi connectivity index (χ4n) is 2.27. The molecule has 26 heavy (non-hydrogen) atoms. The molecule has 0 amide bonds. The summed E-state index contributed by atoms with van der Waals surface area (Å²) in [5, 5.41) is 1.88. The molecule has 0 aliphatic carbocycles. The van der Waals surface area contributed by atoms with Gasteiger partial charge in [-0.15, -0.1) is 11.8 Å². The van der Waals surface area contributed by atoms with Crippen LogP contribution in [0.15, 0.2) is 11.1 Å². The van der Waals surface area contributed by atoms with Gasteiger partial charge >= 0.3 is 19.4 Å². The lowest BCUT2D eigenvalue weighted by atomic mass is 10.2. The molecule has 2 heterocycles. The second-order valence-electron chi connectivity index (χ2n) is 5.88. The van der Waals surface area contributed by atoms with Gasteiger partial charge in [0.05, 0.1) is 18.1 Å². The summed E-state index contributed by atoms with van der Waals surface area (Å²) in [4.78, 5) is 40.3. The quantitative estimate of drug-likeness (QED) is 0.401. The number of nitrogen functional groups attached to an aromatic ring is 1. The zero-order valence-electron chi connectivity index (χ0n) is 14.4. The number of anilines is 1. The Hall–Kier alpha value is -1.46. The van der Waals surface area contributed by atoms with E-state index >= 15 is 0 Å². The zero-order chi connectivity index (χ0) is 19.3. The number of thioether (sulfide) groups is 1. The van der Waals surface area contributed by atoms with Crippen LogP contribution in [-0.2, 0) is 18.6 Å². The number of carbonyl (C=O) groups excluding carboxylic acids is 1. The van der Waals surface area contributed by atoms with Gasteiger partial charge in [-0.1, -0.05) is 0 Å². The molecule has 0 saturated carbocycles. The molecular formula is C13H22N5O6PS. The lowest BCUT2D eigenvalue weighted by Crippen LogP contribution is -2.26. The second-order valence-corrected chi connectivity index (χ2v) is 8.98. The first kappa shape index (κ1) is 20.8. The van der Waals surface area contributed by atoms with Crippen LogP contribution in [0.1, 0.15) is 32.1 Å². The van der Waals surface area contributed by atoms with Crippen LogP contribution in [0.3, 0.4) is 0 Å². The lowest BCUT2D eigenvalue weighted by molar-refractivity contribution is -0.145. The van der Waals surface area contributed by atoms with E-state index in [4.69, 9.17) is 15.0 Å². The molecular weight excluding hydrogens is 385 g/mol. The summed E-state index contributed by atoms with van der Waals surface area (Å²) in [6.07, 6.45) is 2.37. The molecule has 13 heteroatoms. The molecule has 4 N–H and O–H groups in total. The normalized spacial score (nSPS) is 22.3. The Balaban J connectivity index is 1.80. The average molecular weight is 407 g/mol. The molecule has 2 rings (SSSR count). The molecule has 0 aromatic carbocycles. The van der Waals surface area contributed by atoms with Crippen molar-refractivity contribution in [2.75, 3.05) is 18.9 Å². The SMILES string of the molecule is CC(C)OC(=O)CNP(=O)(O)OC[C@@H]1CC[C@H](n2cnc(N)nc2=O)S1. The average Bonchev–Trinajstić information content (AvgIpc) is 2.99. The molecule has 0 spiro atoms. The van der Waals surface area contributed by atoms with Gasteiger partial charge in [-0.25, -0.2) is 19.4 Å². The highest BCUT2D eigenvalue weighted by Gasteiger charge is 2.30. The summed E-state index contributed by atoms with van der Waals surface area (Å²) in [5.41, 5.74) is 4.87. The molecule has 0 bridgehead atoms. The van der Waals surface area contributed by atoms with Gasteiger partial charge in [-0.05, 0) is 26.7 Å². The smallest absolute Gasteiger partial charge is 0.403 e. The Morgan fingerprint density at radius 3 is 2.96 bits per heavy atom. The molecule has 1 aromatic rings. The number of carbonyl (C=O) groups is 1. The van der Waals surface area contributed by atoms with E-state index in [1.54, 1.807) is 13.8 Å². The third-order valence-corrected chi connectivity index (χ3v) is 5.96. The van der Waals surface area contributed by atoms with Crippen LogP contribution < -0.4 is 16.5 Å². The van der Waals surface area contributed by atoms with E-state index in [2.05, 4.69) is 15.1 Å². The Morgan fingerprint density at radius 2 is 2.31 bits per heavy atom. The maximum absolute atomic E-state index is 11.9. The van der Waals surface area contributed by atoms with Crippen molar-refractivity contribution in [1.29, 1.82) is 0 Å². The van der Waals surface area contributed by atoms with Gasteiger partial charge in [0, 0.05) is 5.25 Å². The number of rotatable bonds is 8. The minimum Gasteiger partial charge on any atom is -0.462 e. The first-order valence-corrected chi connectivity index (χ1v) is 10.5. The van der Waals surface area contributed by atoms with Crippen molar-refractivity contribution in [3.63, 3.8) is 0 Å². The van der Waals surface area contributed by atoms with Gasteiger partial charge in [-0.3, -0.25) is 13.9 Å². The van der Waals surface area contributed by atoms with E-state index in [9.17, 15) is 19.0 Å². The monoisotopic (exact) mass is 407 g/mol. The summed E-state index contributed by atoms with van der Waals surface area (Å²) in [6.45, 7) is 2.92. The molecule has 1 saturated heterocycles. The van der Waals surface area contributed by atoms with Gasteiger partial charge in [0.2, 0.25) is 5.95 Å². The van der Waals surface area contributed by atoms with Crippen molar-refractivity contribution in [1.82, 2.24) is 19.6 Å². The van der Waals surface area contributed by atoms with Crippen molar-refractivity contribution >= 4 is 31.4 Å². The van der Waals surface area contributed by atoms with E-state index in [0.29, 0.717) is 12.8 Å². The zero-order valence-corrected chi connectivity index (χ0v) is 16.1. The topological polar surface area (TPSA) is 159 Å². The third-order valence-electron chi connectivity index (χ3n) is 3.37. The van der Waals surface area contributed by atoms with Gasteiger partial charge in [-0.2, -0.15) is 4.98 Å². The molecule has 11 nitrogen and oxygen atoms in total. The molecule has 146 valence electrons. The fraction of sp³-hybridized carbons (Fsp3) is 0.692. The van der Waals surface area contributed by atoms with Crippen LogP contribution >= 0.6 is 19.5 Å². The van der Waals surface area contributed by atoms with Crippen LogP contribution in [-0.4, -0.2) is 49.9 Å². The van der Waals surface area contributed by atoms with E-state index in [1.165, 1.54) is 22.7 Å². The van der Waals surface area contributed by atoms with Crippen molar-refractivity contribution in [3.05, 3.63) is 16.8 Å². The summed E-state index contributed by atoms with van der Waals surface area (Å²) in [6, 6.07) is 0. The fourth-order valence-corrected chi connectivity index (χ4v) is 4.58. The van der Waals surface area contributed by atoms with Gasteiger partial charge < -0.3 is 15.4 Å². The number of hydrogen-bond acceptors (Lipinski definition) is 9. The highest BCUT2D eigenvalue weighted by molar-refractivity contribution is 8.00. The van der Waals surface area contributed by atoms with Crippen molar-refractivity contribution < 1.29 is 23.5 Å². The van der Waals surface area contributed by atoms with Crippen LogP contribution in [0.2, 0.25) is 0 Å². The highest BCUT2D eigenvalue weighted by Crippen LogP contribution is 2.44. The lowest BCUT2D eigenvalue weighted by Gasteiger charge is -2.17. The Morgan fingerprint density at radius 1 is 1.58 bits per heavy atom. The predicted molar refractivity (Wildman–Crippen MR) is 95.4 cm³/mol. The van der Waals surface area contributed by atoms with Crippen molar-refractivity contribution in [2.45, 2.75) is 43.4 Å². The number of hydrogen-bond donors (Lipinski definition) is 3. The number of aromatic nitrogens is 3. The maximum Gasteiger partial charge on any atom is 0.403 e. The summed E-state index contributed by atoms with van der Waals surface area (Å²) in [7, 11) is -4.12. The standard InChI is InChI=1S/C13H22N5O6PS/c1-8(2)24-11(19)5-16-25(21,22)23-6-9-3-4-10(26-9)18-7-15-12(14)17-13(18)20/h7-10H,3-6H2,1-2H3,(H2,14,17,20)(H2,16,21,22)/t9-,10+/m0/s1. The largest absolute Gasteiger partial charge is 0.462 e. The number of esters is 1. The molecule has 1 unspecified atom stereocenters. The molecule has 1 aliphatic rings. The van der Waals surface area contributed by atoms with E-state index < -0.39 is 26.0 Å². The first-order valence-electron chi connectivity index (χ1n) is 7.94. The molecule has 1 aliphatic heterocycles. The minimum absolute atomic E-state index is 0.00818. The summed E-state index contributed by atoms with van der Waals surface area (Å²) in [5.74, 6) is -0.728. The van der Waals surface area contributed by atoms with Crippen LogP contribution in [0.25, 0.3) is 0 Å². The summed E-state index contributed by atoms with van der Waals surface area (Å²) < 4.78 is 23.2. The van der Waals surface area contributed by atoms with Gasteiger partial charge in [0.15, 0.2) is 0 Å². The minimum atomic E-state index is -4.12. The second kappa shape index (κ2) is 8.96. The first-order chi connectivity index (χ1) is 12.2. The predicted octanol–water partition coefficient (Wildman–Crippen LogP) is 0.273. The number of nitrogens with zero attached hydrogens (tertiary/aromatic N) is 3. The van der Waals surface area contributed by atoms with Crippen LogP contribution in [0, 0.1) is 0 Å². The number of ether oxygens (including phenoxy) is 1. The Bertz CT molecular complexity index is 744. The Kier molecular flexibility index (Phi) is 7.18. The van der Waals surface area contributed by atoms with E-state index in [1.807, 2.05) is 0 Å². The van der Waals surface area contributed by atoms with Crippen LogP contribution in [0.4, 0.5) is 5.95 Å². The van der Waals surface area contributed by atoms with Crippen molar-refractivity contribution in [2.24, 2.45) is 0 Å². The van der Waals surface area contributed by atoms with Crippen molar-refractivity contribution in [3.8, 4) is 0 Å². The maximum atomic E-state index is 11.9. The third kappa shape index (κ3) is 6.36.